The average molecular weight is 755 g/mol. The van der Waals surface area contributed by atoms with Gasteiger partial charge in [0.05, 0.1) is 20.1 Å². The van der Waals surface area contributed by atoms with Crippen molar-refractivity contribution in [3.63, 3.8) is 0 Å². The van der Waals surface area contributed by atoms with Crippen molar-refractivity contribution in [2.75, 3.05) is 9.80 Å². The van der Waals surface area contributed by atoms with Gasteiger partial charge >= 0.3 is 0 Å². The van der Waals surface area contributed by atoms with Gasteiger partial charge in [0, 0.05) is 45.3 Å². The van der Waals surface area contributed by atoms with Crippen LogP contribution in [0.4, 0.5) is 34.1 Å². The first-order valence-electron chi connectivity index (χ1n) is 16.7. The van der Waals surface area contributed by atoms with Crippen molar-refractivity contribution >= 4 is 105 Å². The molecule has 0 aliphatic carbocycles. The molecule has 0 atom stereocenters. The number of para-hydroxylation sites is 4. The van der Waals surface area contributed by atoms with Crippen molar-refractivity contribution < 1.29 is 0 Å². The fraction of sp³-hybridized carbons (Fsp3) is 0. The highest BCUT2D eigenvalue weighted by molar-refractivity contribution is 6.50. The van der Waals surface area contributed by atoms with E-state index in [4.69, 9.17) is 46.4 Å². The molecule has 0 saturated carbocycles. The number of hydrogen-bond acceptors (Lipinski definition) is 2. The maximum absolute atomic E-state index is 6.83. The van der Waals surface area contributed by atoms with E-state index in [1.807, 2.05) is 97.1 Å². The van der Waals surface area contributed by atoms with Crippen molar-refractivity contribution in [3.8, 4) is 0 Å². The van der Waals surface area contributed by atoms with Crippen LogP contribution in [0.5, 0.6) is 0 Å². The molecule has 7 aromatic rings. The lowest BCUT2D eigenvalue weighted by molar-refractivity contribution is 1.28. The molecule has 0 bridgehead atoms. The minimum absolute atomic E-state index is 0.333. The summed E-state index contributed by atoms with van der Waals surface area (Å²) < 4.78 is 0. The molecule has 0 aliphatic rings. The van der Waals surface area contributed by atoms with Gasteiger partial charge < -0.3 is 9.80 Å². The number of nitrogens with zero attached hydrogens (tertiary/aromatic N) is 2. The Hall–Kier alpha value is -5.22. The second kappa shape index (κ2) is 16.4. The highest BCUT2D eigenvalue weighted by Gasteiger charge is 2.18. The largest absolute Gasteiger partial charge is 0.311 e. The standard InChI is InChI=1S/C46H32Cl4N2/c47-43-41(31-25-33-21-27-39(28-22-33)51(35-13-5-1-6-14-35)36-15-7-2-8-16-36)44(48)46(50)42(45(43)49)32-26-34-23-29-40(30-24-34)52(37-17-9-3-10-18-37)38-19-11-4-12-20-38/h1-32H/b31-25+,32-26+. The van der Waals surface area contributed by atoms with Gasteiger partial charge in [-0.25, -0.2) is 0 Å². The van der Waals surface area contributed by atoms with E-state index >= 15 is 0 Å². The lowest BCUT2D eigenvalue weighted by Gasteiger charge is -2.25. The van der Waals surface area contributed by atoms with Gasteiger partial charge in [-0.2, -0.15) is 0 Å². The maximum atomic E-state index is 6.83. The van der Waals surface area contributed by atoms with Crippen LogP contribution >= 0.6 is 46.4 Å². The van der Waals surface area contributed by atoms with Gasteiger partial charge in [0.15, 0.2) is 0 Å². The molecule has 0 amide bonds. The van der Waals surface area contributed by atoms with Crippen LogP contribution in [0.2, 0.25) is 20.1 Å². The Bertz CT molecular complexity index is 2030. The zero-order valence-electron chi connectivity index (χ0n) is 27.9. The van der Waals surface area contributed by atoms with Gasteiger partial charge in [0.2, 0.25) is 0 Å². The van der Waals surface area contributed by atoms with Gasteiger partial charge in [-0.15, -0.1) is 0 Å². The molecule has 0 unspecified atom stereocenters. The fourth-order valence-electron chi connectivity index (χ4n) is 5.99. The van der Waals surface area contributed by atoms with Gasteiger partial charge in [-0.05, 0) is 83.9 Å². The van der Waals surface area contributed by atoms with E-state index in [-0.39, 0.29) is 0 Å². The molecule has 254 valence electrons. The number of hydrogen-bond donors (Lipinski definition) is 0. The smallest absolute Gasteiger partial charge is 0.0686 e. The Balaban J connectivity index is 1.11. The Morgan fingerprint density at radius 3 is 0.750 bits per heavy atom. The molecule has 6 heteroatoms. The summed E-state index contributed by atoms with van der Waals surface area (Å²) in [6.07, 6.45) is 7.59. The highest BCUT2D eigenvalue weighted by atomic mass is 35.5. The molecule has 52 heavy (non-hydrogen) atoms. The van der Waals surface area contributed by atoms with Crippen molar-refractivity contribution in [1.82, 2.24) is 0 Å². The summed E-state index contributed by atoms with van der Waals surface area (Å²) in [5, 5.41) is 1.33. The normalized spacial score (nSPS) is 11.3. The van der Waals surface area contributed by atoms with Crippen LogP contribution in [-0.2, 0) is 0 Å². The first kappa shape index (κ1) is 35.2. The second-order valence-corrected chi connectivity index (χ2v) is 13.5. The molecule has 0 heterocycles. The summed E-state index contributed by atoms with van der Waals surface area (Å²) in [6.45, 7) is 0. The number of rotatable bonds is 10. The summed E-state index contributed by atoms with van der Waals surface area (Å²) in [6, 6.07) is 57.7. The van der Waals surface area contributed by atoms with Crippen LogP contribution in [0.15, 0.2) is 170 Å². The molecule has 7 aromatic carbocycles. The van der Waals surface area contributed by atoms with E-state index in [1.165, 1.54) is 0 Å². The van der Waals surface area contributed by atoms with Crippen LogP contribution in [0.25, 0.3) is 24.3 Å². The van der Waals surface area contributed by atoms with Crippen molar-refractivity contribution in [2.24, 2.45) is 0 Å². The highest BCUT2D eigenvalue weighted by Crippen LogP contribution is 2.43. The predicted octanol–water partition coefficient (Wildman–Crippen LogP) is 15.6. The SMILES string of the molecule is Clc1c(Cl)c(/C=C/c2ccc(N(c3ccccc3)c3ccccc3)cc2)c(Cl)c(Cl)c1/C=C/c1ccc(N(c2ccccc2)c2ccccc2)cc1. The quantitative estimate of drug-likeness (QED) is 0.101. The average Bonchev–Trinajstić information content (AvgIpc) is 3.20. The third kappa shape index (κ3) is 7.82. The lowest BCUT2D eigenvalue weighted by Crippen LogP contribution is -2.09. The van der Waals surface area contributed by atoms with Crippen molar-refractivity contribution in [3.05, 3.63) is 212 Å². The molecule has 0 radical (unpaired) electrons. The van der Waals surface area contributed by atoms with Crippen LogP contribution < -0.4 is 9.80 Å². The van der Waals surface area contributed by atoms with Crippen molar-refractivity contribution in [2.45, 2.75) is 0 Å². The van der Waals surface area contributed by atoms with Gasteiger partial charge in [0.1, 0.15) is 0 Å². The number of halogens is 4. The lowest BCUT2D eigenvalue weighted by atomic mass is 10.1. The first-order valence-corrected chi connectivity index (χ1v) is 18.2. The van der Waals surface area contributed by atoms with Gasteiger partial charge in [-0.1, -0.05) is 168 Å². The van der Waals surface area contributed by atoms with E-state index in [9.17, 15) is 0 Å². The molecule has 0 fully saturated rings. The van der Waals surface area contributed by atoms with Crippen LogP contribution in [0, 0.1) is 0 Å². The van der Waals surface area contributed by atoms with Crippen LogP contribution in [0.1, 0.15) is 22.3 Å². The predicted molar refractivity (Wildman–Crippen MR) is 227 cm³/mol. The summed E-state index contributed by atoms with van der Waals surface area (Å²) in [4.78, 5) is 4.43. The third-order valence-electron chi connectivity index (χ3n) is 8.58. The van der Waals surface area contributed by atoms with E-state index in [0.29, 0.717) is 31.2 Å². The van der Waals surface area contributed by atoms with Crippen LogP contribution in [0.3, 0.4) is 0 Å². The molecular formula is C46H32Cl4N2. The Kier molecular flexibility index (Phi) is 11.1. The summed E-state index contributed by atoms with van der Waals surface area (Å²) >= 11 is 27.3. The topological polar surface area (TPSA) is 6.48 Å². The third-order valence-corrected chi connectivity index (χ3v) is 10.3. The number of anilines is 6. The second-order valence-electron chi connectivity index (χ2n) is 11.9. The molecular weight excluding hydrogens is 722 g/mol. The van der Waals surface area contributed by atoms with E-state index in [0.717, 1.165) is 45.3 Å². The maximum Gasteiger partial charge on any atom is 0.0686 e. The Morgan fingerprint density at radius 1 is 0.269 bits per heavy atom. The summed E-state index contributed by atoms with van der Waals surface area (Å²) in [5.74, 6) is 0. The van der Waals surface area contributed by atoms with E-state index in [1.54, 1.807) is 0 Å². The molecule has 7 rings (SSSR count). The summed E-state index contributed by atoms with van der Waals surface area (Å²) in [7, 11) is 0. The zero-order chi connectivity index (χ0) is 35.9. The molecule has 0 aliphatic heterocycles. The minimum atomic E-state index is 0.333. The molecule has 0 aromatic heterocycles. The Morgan fingerprint density at radius 2 is 0.500 bits per heavy atom. The summed E-state index contributed by atoms with van der Waals surface area (Å²) in [5.41, 5.74) is 9.41. The molecule has 0 N–H and O–H groups in total. The van der Waals surface area contributed by atoms with Gasteiger partial charge in [-0.3, -0.25) is 0 Å². The van der Waals surface area contributed by atoms with E-state index < -0.39 is 0 Å². The van der Waals surface area contributed by atoms with Gasteiger partial charge in [0.25, 0.3) is 0 Å². The minimum Gasteiger partial charge on any atom is -0.311 e. The fourth-order valence-corrected chi connectivity index (χ4v) is 7.12. The van der Waals surface area contributed by atoms with E-state index in [2.05, 4.69) is 107 Å². The zero-order valence-corrected chi connectivity index (χ0v) is 30.9. The van der Waals surface area contributed by atoms with Crippen molar-refractivity contribution in [1.29, 1.82) is 0 Å². The first-order chi connectivity index (χ1) is 25.5. The molecule has 2 nitrogen and oxygen atoms in total. The van der Waals surface area contributed by atoms with Crippen LogP contribution in [-0.4, -0.2) is 0 Å². The molecule has 0 spiro atoms. The molecule has 0 saturated heterocycles. The monoisotopic (exact) mass is 752 g/mol. The number of benzene rings is 7. The Labute approximate surface area is 325 Å².